The number of hydrogen-bond donors (Lipinski definition) is 2. The quantitative estimate of drug-likeness (QED) is 0.336. The first kappa shape index (κ1) is 23.1. The number of oxazole rings is 1. The minimum Gasteiger partial charge on any atom is -0.461 e. The Labute approximate surface area is 197 Å². The van der Waals surface area contributed by atoms with Gasteiger partial charge in [-0.25, -0.2) is 14.6 Å². The van der Waals surface area contributed by atoms with Gasteiger partial charge in [-0.3, -0.25) is 0 Å². The summed E-state index contributed by atoms with van der Waals surface area (Å²) >= 11 is 0. The number of amides is 1. The maximum absolute atomic E-state index is 12.7. The Balaban J connectivity index is 1.59. The molecule has 0 radical (unpaired) electrons. The number of aryl methyl sites for hydroxylation is 1. The fraction of sp³-hybridized carbons (Fsp3) is 0.269. The highest BCUT2D eigenvalue weighted by molar-refractivity contribution is 5.88. The SMILES string of the molecule is CCOC(=O)c1nc([C@@H](Cc2c[nH]c3ccccc23)NC(=O)OCc2ccccc2)oc1CC. The first-order chi connectivity index (χ1) is 16.6. The minimum absolute atomic E-state index is 0.128. The number of rotatable bonds is 9. The van der Waals surface area contributed by atoms with E-state index in [-0.39, 0.29) is 24.8 Å². The molecular weight excluding hydrogens is 434 g/mol. The van der Waals surface area contributed by atoms with Gasteiger partial charge in [0.15, 0.2) is 5.69 Å². The van der Waals surface area contributed by atoms with Crippen LogP contribution in [0, 0.1) is 0 Å². The van der Waals surface area contributed by atoms with Gasteiger partial charge in [0.05, 0.1) is 6.61 Å². The van der Waals surface area contributed by atoms with Crippen molar-refractivity contribution in [2.75, 3.05) is 6.61 Å². The predicted octanol–water partition coefficient (Wildman–Crippen LogP) is 5.11. The lowest BCUT2D eigenvalue weighted by molar-refractivity contribution is 0.0517. The number of carbonyl (C=O) groups excluding carboxylic acids is 2. The van der Waals surface area contributed by atoms with Crippen LogP contribution in [-0.2, 0) is 28.9 Å². The summed E-state index contributed by atoms with van der Waals surface area (Å²) in [5.74, 6) is 0.0884. The molecule has 0 aliphatic rings. The van der Waals surface area contributed by atoms with Crippen molar-refractivity contribution in [1.82, 2.24) is 15.3 Å². The van der Waals surface area contributed by atoms with E-state index < -0.39 is 18.1 Å². The molecule has 0 aliphatic heterocycles. The van der Waals surface area contributed by atoms with Gasteiger partial charge in [0.1, 0.15) is 18.4 Å². The van der Waals surface area contributed by atoms with Crippen LogP contribution in [0.25, 0.3) is 10.9 Å². The predicted molar refractivity (Wildman–Crippen MR) is 126 cm³/mol. The molecule has 0 bridgehead atoms. The highest BCUT2D eigenvalue weighted by Crippen LogP contribution is 2.26. The van der Waals surface area contributed by atoms with E-state index >= 15 is 0 Å². The average molecular weight is 462 g/mol. The zero-order chi connectivity index (χ0) is 23.9. The fourth-order valence-electron chi connectivity index (χ4n) is 3.75. The van der Waals surface area contributed by atoms with Crippen molar-refractivity contribution in [3.8, 4) is 0 Å². The molecule has 4 rings (SSSR count). The number of H-pyrrole nitrogens is 1. The lowest BCUT2D eigenvalue weighted by Crippen LogP contribution is -2.30. The number of hydrogen-bond acceptors (Lipinski definition) is 6. The van der Waals surface area contributed by atoms with Gasteiger partial charge in [-0.2, -0.15) is 0 Å². The monoisotopic (exact) mass is 461 g/mol. The van der Waals surface area contributed by atoms with Crippen LogP contribution >= 0.6 is 0 Å². The summed E-state index contributed by atoms with van der Waals surface area (Å²) in [7, 11) is 0. The van der Waals surface area contributed by atoms with Crippen molar-refractivity contribution in [1.29, 1.82) is 0 Å². The molecule has 2 aromatic carbocycles. The van der Waals surface area contributed by atoms with Crippen LogP contribution < -0.4 is 5.32 Å². The molecule has 176 valence electrons. The van der Waals surface area contributed by atoms with Crippen LogP contribution in [-0.4, -0.2) is 28.6 Å². The molecule has 0 saturated heterocycles. The van der Waals surface area contributed by atoms with Gasteiger partial charge in [-0.15, -0.1) is 0 Å². The summed E-state index contributed by atoms with van der Waals surface area (Å²) in [6.45, 7) is 3.96. The number of ether oxygens (including phenoxy) is 2. The molecule has 4 aromatic rings. The van der Waals surface area contributed by atoms with E-state index in [0.717, 1.165) is 22.0 Å². The second-order valence-corrected chi connectivity index (χ2v) is 7.72. The second kappa shape index (κ2) is 10.7. The smallest absolute Gasteiger partial charge is 0.408 e. The Morgan fingerprint density at radius 2 is 1.82 bits per heavy atom. The van der Waals surface area contributed by atoms with Crippen LogP contribution in [0.15, 0.2) is 65.2 Å². The third-order valence-electron chi connectivity index (χ3n) is 5.41. The van der Waals surface area contributed by atoms with Crippen molar-refractivity contribution in [3.05, 3.63) is 89.3 Å². The molecule has 0 saturated carbocycles. The van der Waals surface area contributed by atoms with Crippen molar-refractivity contribution in [2.45, 2.75) is 39.3 Å². The van der Waals surface area contributed by atoms with Gasteiger partial charge in [0.2, 0.25) is 5.89 Å². The Hall–Kier alpha value is -4.07. The molecule has 0 unspecified atom stereocenters. The normalized spacial score (nSPS) is 11.8. The summed E-state index contributed by atoms with van der Waals surface area (Å²) in [5, 5.41) is 3.89. The van der Waals surface area contributed by atoms with E-state index in [2.05, 4.69) is 15.3 Å². The summed E-state index contributed by atoms with van der Waals surface area (Å²) < 4.78 is 16.5. The van der Waals surface area contributed by atoms with E-state index in [0.29, 0.717) is 18.6 Å². The van der Waals surface area contributed by atoms with Gasteiger partial charge in [0, 0.05) is 29.9 Å². The van der Waals surface area contributed by atoms with Gasteiger partial charge in [-0.05, 0) is 24.1 Å². The topological polar surface area (TPSA) is 106 Å². The molecule has 1 atom stereocenters. The summed E-state index contributed by atoms with van der Waals surface area (Å²) in [4.78, 5) is 32.7. The third-order valence-corrected chi connectivity index (χ3v) is 5.41. The molecule has 0 spiro atoms. The Morgan fingerprint density at radius 1 is 1.06 bits per heavy atom. The van der Waals surface area contributed by atoms with Crippen molar-refractivity contribution >= 4 is 23.0 Å². The van der Waals surface area contributed by atoms with Crippen LogP contribution in [0.2, 0.25) is 0 Å². The standard InChI is InChI=1S/C26H27N3O5/c1-3-22-23(25(30)32-4-2)29-24(34-22)21(14-18-15-27-20-13-9-8-12-19(18)20)28-26(31)33-16-17-10-6-5-7-11-17/h5-13,15,21,27H,3-4,14,16H2,1-2H3,(H,28,31)/t21-/m1/s1. The molecule has 2 aromatic heterocycles. The highest BCUT2D eigenvalue weighted by Gasteiger charge is 2.27. The van der Waals surface area contributed by atoms with Gasteiger partial charge in [-0.1, -0.05) is 55.5 Å². The number of para-hydroxylation sites is 1. The number of aromatic nitrogens is 2. The number of esters is 1. The summed E-state index contributed by atoms with van der Waals surface area (Å²) in [6, 6.07) is 16.7. The maximum Gasteiger partial charge on any atom is 0.408 e. The van der Waals surface area contributed by atoms with Gasteiger partial charge < -0.3 is 24.2 Å². The fourth-order valence-corrected chi connectivity index (χ4v) is 3.75. The van der Waals surface area contributed by atoms with Crippen molar-refractivity contribution in [2.24, 2.45) is 0 Å². The summed E-state index contributed by atoms with van der Waals surface area (Å²) in [6.07, 6.45) is 2.13. The molecule has 2 heterocycles. The molecular formula is C26H27N3O5. The molecule has 0 aliphatic carbocycles. The van der Waals surface area contributed by atoms with E-state index in [1.54, 1.807) is 6.92 Å². The maximum atomic E-state index is 12.7. The molecule has 1 amide bonds. The van der Waals surface area contributed by atoms with Gasteiger partial charge in [0.25, 0.3) is 0 Å². The van der Waals surface area contributed by atoms with Gasteiger partial charge >= 0.3 is 12.1 Å². The number of nitrogens with one attached hydrogen (secondary N) is 2. The number of benzene rings is 2. The Bertz CT molecular complexity index is 1260. The lowest BCUT2D eigenvalue weighted by Gasteiger charge is -2.15. The molecule has 8 nitrogen and oxygen atoms in total. The lowest BCUT2D eigenvalue weighted by atomic mass is 10.0. The first-order valence-electron chi connectivity index (χ1n) is 11.3. The number of nitrogens with zero attached hydrogens (tertiary/aromatic N) is 1. The molecule has 34 heavy (non-hydrogen) atoms. The van der Waals surface area contributed by atoms with Crippen molar-refractivity contribution in [3.63, 3.8) is 0 Å². The first-order valence-corrected chi connectivity index (χ1v) is 11.3. The van der Waals surface area contributed by atoms with E-state index in [1.807, 2.05) is 67.7 Å². The highest BCUT2D eigenvalue weighted by atomic mass is 16.5. The number of fused-ring (bicyclic) bond motifs is 1. The number of alkyl carbamates (subject to hydrolysis) is 1. The van der Waals surface area contributed by atoms with Crippen LogP contribution in [0.4, 0.5) is 4.79 Å². The average Bonchev–Trinajstić information content (AvgIpc) is 3.48. The molecule has 0 fully saturated rings. The Kier molecular flexibility index (Phi) is 7.27. The van der Waals surface area contributed by atoms with Crippen LogP contribution in [0.3, 0.4) is 0 Å². The number of aromatic amines is 1. The molecule has 2 N–H and O–H groups in total. The Morgan fingerprint density at radius 3 is 2.59 bits per heavy atom. The van der Waals surface area contributed by atoms with E-state index in [4.69, 9.17) is 13.9 Å². The number of carbonyl (C=O) groups is 2. The zero-order valence-electron chi connectivity index (χ0n) is 19.2. The molecule has 8 heteroatoms. The van der Waals surface area contributed by atoms with Crippen LogP contribution in [0.1, 0.15) is 53.2 Å². The second-order valence-electron chi connectivity index (χ2n) is 7.72. The summed E-state index contributed by atoms with van der Waals surface area (Å²) in [5.41, 5.74) is 2.96. The van der Waals surface area contributed by atoms with Crippen LogP contribution in [0.5, 0.6) is 0 Å². The largest absolute Gasteiger partial charge is 0.461 e. The minimum atomic E-state index is -0.657. The van der Waals surface area contributed by atoms with E-state index in [9.17, 15) is 9.59 Å². The third kappa shape index (κ3) is 5.28. The zero-order valence-corrected chi connectivity index (χ0v) is 19.2. The van der Waals surface area contributed by atoms with Crippen molar-refractivity contribution < 1.29 is 23.5 Å². The van der Waals surface area contributed by atoms with E-state index in [1.165, 1.54) is 0 Å².